The third-order valence-electron chi connectivity index (χ3n) is 4.76. The molecule has 1 aromatic rings. The Bertz CT molecular complexity index is 555. The molecule has 21 heavy (non-hydrogen) atoms. The molecule has 2 aliphatic rings. The molecule has 0 heterocycles. The van der Waals surface area contributed by atoms with Crippen LogP contribution in [0.4, 0.5) is 5.69 Å². The summed E-state index contributed by atoms with van der Waals surface area (Å²) in [6, 6.07) is 7.05. The zero-order valence-corrected chi connectivity index (χ0v) is 12.3. The molecule has 0 saturated heterocycles. The van der Waals surface area contributed by atoms with Crippen LogP contribution in [0.2, 0.25) is 0 Å². The molecule has 1 amide bonds. The molecule has 0 aliphatic heterocycles. The van der Waals surface area contributed by atoms with Crippen LogP contribution in [-0.4, -0.2) is 18.5 Å². The average molecular weight is 287 g/mol. The van der Waals surface area contributed by atoms with Gasteiger partial charge in [-0.15, -0.1) is 0 Å². The lowest BCUT2D eigenvalue weighted by molar-refractivity contribution is -0.121. The van der Waals surface area contributed by atoms with Crippen LogP contribution in [0.3, 0.4) is 0 Å². The Morgan fingerprint density at radius 1 is 1.24 bits per heavy atom. The fourth-order valence-corrected chi connectivity index (χ4v) is 3.77. The molecule has 0 spiro atoms. The third-order valence-corrected chi connectivity index (χ3v) is 4.76. The number of carbonyl (C=O) groups is 2. The first kappa shape index (κ1) is 14.1. The summed E-state index contributed by atoms with van der Waals surface area (Å²) in [5.41, 5.74) is 0.986. The molecule has 3 atom stereocenters. The summed E-state index contributed by atoms with van der Waals surface area (Å²) < 4.78 is 5.03. The molecule has 4 nitrogen and oxygen atoms in total. The minimum Gasteiger partial charge on any atom is -0.462 e. The maximum absolute atomic E-state index is 12.5. The van der Waals surface area contributed by atoms with Crippen LogP contribution in [0.5, 0.6) is 0 Å². The van der Waals surface area contributed by atoms with Crippen LogP contribution < -0.4 is 5.32 Å². The van der Waals surface area contributed by atoms with Gasteiger partial charge in [-0.3, -0.25) is 4.79 Å². The van der Waals surface area contributed by atoms with Crippen molar-refractivity contribution < 1.29 is 14.3 Å². The summed E-state index contributed by atoms with van der Waals surface area (Å²) >= 11 is 0. The number of ether oxygens (including phenoxy) is 1. The highest BCUT2D eigenvalue weighted by molar-refractivity contribution is 6.02. The monoisotopic (exact) mass is 287 g/mol. The van der Waals surface area contributed by atoms with Gasteiger partial charge < -0.3 is 10.1 Å². The molecular weight excluding hydrogens is 266 g/mol. The number of carbonyl (C=O) groups excluding carboxylic acids is 2. The van der Waals surface area contributed by atoms with Crippen molar-refractivity contribution in [3.63, 3.8) is 0 Å². The van der Waals surface area contributed by atoms with E-state index in [4.69, 9.17) is 4.74 Å². The Morgan fingerprint density at radius 2 is 2.05 bits per heavy atom. The molecule has 3 rings (SSSR count). The maximum Gasteiger partial charge on any atom is 0.340 e. The second-order valence-electron chi connectivity index (χ2n) is 6.04. The largest absolute Gasteiger partial charge is 0.462 e. The number of esters is 1. The van der Waals surface area contributed by atoms with Gasteiger partial charge >= 0.3 is 5.97 Å². The van der Waals surface area contributed by atoms with Crippen LogP contribution in [-0.2, 0) is 9.53 Å². The summed E-state index contributed by atoms with van der Waals surface area (Å²) in [5, 5.41) is 2.94. The highest BCUT2D eigenvalue weighted by Crippen LogP contribution is 2.48. The van der Waals surface area contributed by atoms with Crippen molar-refractivity contribution in [2.45, 2.75) is 32.6 Å². The van der Waals surface area contributed by atoms with E-state index in [0.29, 0.717) is 23.8 Å². The predicted octanol–water partition coefficient (Wildman–Crippen LogP) is 3.24. The zero-order valence-electron chi connectivity index (χ0n) is 12.3. The van der Waals surface area contributed by atoms with Gasteiger partial charge in [0, 0.05) is 5.92 Å². The molecular formula is C17H21NO3. The first-order valence-electron chi connectivity index (χ1n) is 7.76. The number of hydrogen-bond donors (Lipinski definition) is 1. The standard InChI is InChI=1S/C17H21NO3/c1-2-21-17(20)13-5-3-4-6-15(13)18-16(19)14-10-11-7-8-12(14)9-11/h3-6,11-12,14H,2,7-10H2,1H3,(H,18,19)/t11-,12+,14-/m0/s1. The second-order valence-corrected chi connectivity index (χ2v) is 6.04. The lowest BCUT2D eigenvalue weighted by Crippen LogP contribution is -2.28. The van der Waals surface area contributed by atoms with Gasteiger partial charge in [0.25, 0.3) is 0 Å². The van der Waals surface area contributed by atoms with E-state index in [1.54, 1.807) is 25.1 Å². The third kappa shape index (κ3) is 2.80. The average Bonchev–Trinajstić information content (AvgIpc) is 3.10. The van der Waals surface area contributed by atoms with Gasteiger partial charge in [-0.1, -0.05) is 18.6 Å². The molecule has 2 fully saturated rings. The quantitative estimate of drug-likeness (QED) is 0.865. The Balaban J connectivity index is 1.73. The molecule has 0 radical (unpaired) electrons. The Morgan fingerprint density at radius 3 is 2.71 bits per heavy atom. The highest BCUT2D eigenvalue weighted by Gasteiger charge is 2.43. The predicted molar refractivity (Wildman–Crippen MR) is 80.0 cm³/mol. The van der Waals surface area contributed by atoms with Crippen LogP contribution >= 0.6 is 0 Å². The zero-order chi connectivity index (χ0) is 14.8. The van der Waals surface area contributed by atoms with Gasteiger partial charge in [0.1, 0.15) is 0 Å². The number of nitrogens with one attached hydrogen (secondary N) is 1. The Labute approximate surface area is 124 Å². The van der Waals surface area contributed by atoms with E-state index in [9.17, 15) is 9.59 Å². The van der Waals surface area contributed by atoms with Gasteiger partial charge in [0.2, 0.25) is 5.91 Å². The first-order valence-corrected chi connectivity index (χ1v) is 7.76. The number of benzene rings is 1. The van der Waals surface area contributed by atoms with Crippen molar-refractivity contribution in [1.82, 2.24) is 0 Å². The number of anilines is 1. The highest BCUT2D eigenvalue weighted by atomic mass is 16.5. The van der Waals surface area contributed by atoms with Gasteiger partial charge in [0.05, 0.1) is 17.9 Å². The van der Waals surface area contributed by atoms with Crippen molar-refractivity contribution in [1.29, 1.82) is 0 Å². The molecule has 2 aliphatic carbocycles. The SMILES string of the molecule is CCOC(=O)c1ccccc1NC(=O)[C@H]1C[C@H]2CC[C@@H]1C2. The molecule has 112 valence electrons. The van der Waals surface area contributed by atoms with E-state index in [1.165, 1.54) is 19.3 Å². The van der Waals surface area contributed by atoms with E-state index < -0.39 is 0 Å². The molecule has 4 heteroatoms. The van der Waals surface area contributed by atoms with E-state index >= 15 is 0 Å². The second kappa shape index (κ2) is 5.88. The maximum atomic E-state index is 12.5. The first-order chi connectivity index (χ1) is 10.2. The number of rotatable bonds is 4. The van der Waals surface area contributed by atoms with E-state index in [0.717, 1.165) is 12.3 Å². The van der Waals surface area contributed by atoms with Crippen LogP contribution in [0.1, 0.15) is 43.0 Å². The number of hydrogen-bond acceptors (Lipinski definition) is 3. The van der Waals surface area contributed by atoms with Gasteiger partial charge in [-0.2, -0.15) is 0 Å². The number of fused-ring (bicyclic) bond motifs is 2. The summed E-state index contributed by atoms with van der Waals surface area (Å²) in [6.45, 7) is 2.10. The van der Waals surface area contributed by atoms with Gasteiger partial charge in [-0.25, -0.2) is 4.79 Å². The topological polar surface area (TPSA) is 55.4 Å². The van der Waals surface area contributed by atoms with Crippen molar-refractivity contribution >= 4 is 17.6 Å². The molecule has 2 bridgehead atoms. The van der Waals surface area contributed by atoms with E-state index in [1.807, 2.05) is 6.07 Å². The van der Waals surface area contributed by atoms with E-state index in [-0.39, 0.29) is 17.8 Å². The van der Waals surface area contributed by atoms with E-state index in [2.05, 4.69) is 5.32 Å². The lowest BCUT2D eigenvalue weighted by Gasteiger charge is -2.21. The number of para-hydroxylation sites is 1. The van der Waals surface area contributed by atoms with Crippen LogP contribution in [0.25, 0.3) is 0 Å². The van der Waals surface area contributed by atoms with Gasteiger partial charge in [-0.05, 0) is 50.2 Å². The smallest absolute Gasteiger partial charge is 0.340 e. The Kier molecular flexibility index (Phi) is 3.95. The molecule has 0 aromatic heterocycles. The summed E-state index contributed by atoms with van der Waals surface area (Å²) in [7, 11) is 0. The summed E-state index contributed by atoms with van der Waals surface area (Å²) in [6.07, 6.45) is 4.63. The molecule has 1 N–H and O–H groups in total. The normalized spacial score (nSPS) is 26.6. The fraction of sp³-hybridized carbons (Fsp3) is 0.529. The molecule has 0 unspecified atom stereocenters. The van der Waals surface area contributed by atoms with Crippen LogP contribution in [0.15, 0.2) is 24.3 Å². The summed E-state index contributed by atoms with van der Waals surface area (Å²) in [4.78, 5) is 24.4. The molecule has 1 aromatic carbocycles. The molecule has 2 saturated carbocycles. The summed E-state index contributed by atoms with van der Waals surface area (Å²) in [5.74, 6) is 1.04. The Hall–Kier alpha value is -1.84. The fourth-order valence-electron chi connectivity index (χ4n) is 3.77. The minimum atomic E-state index is -0.388. The number of amides is 1. The van der Waals surface area contributed by atoms with Crippen molar-refractivity contribution in [3.05, 3.63) is 29.8 Å². The van der Waals surface area contributed by atoms with Gasteiger partial charge in [0.15, 0.2) is 0 Å². The lowest BCUT2D eigenvalue weighted by atomic mass is 9.88. The van der Waals surface area contributed by atoms with Crippen LogP contribution in [0, 0.1) is 17.8 Å². The van der Waals surface area contributed by atoms with Crippen molar-refractivity contribution in [2.24, 2.45) is 17.8 Å². The minimum absolute atomic E-state index is 0.0546. The van der Waals surface area contributed by atoms with Crippen molar-refractivity contribution in [3.8, 4) is 0 Å². The van der Waals surface area contributed by atoms with Crippen molar-refractivity contribution in [2.75, 3.05) is 11.9 Å².